The maximum Gasteiger partial charge on any atom is 0.251 e. The van der Waals surface area contributed by atoms with E-state index in [2.05, 4.69) is 12.2 Å². The van der Waals surface area contributed by atoms with Crippen LogP contribution in [0.4, 0.5) is 0 Å². The second-order valence-electron chi connectivity index (χ2n) is 5.38. The smallest absolute Gasteiger partial charge is 0.251 e. The summed E-state index contributed by atoms with van der Waals surface area (Å²) in [7, 11) is 0. The Morgan fingerprint density at radius 3 is 2.57 bits per heavy atom. The minimum Gasteiger partial charge on any atom is -0.383 e. The number of amides is 1. The van der Waals surface area contributed by atoms with Gasteiger partial charge < -0.3 is 10.4 Å². The summed E-state index contributed by atoms with van der Waals surface area (Å²) in [5.74, 6) is -0.158. The summed E-state index contributed by atoms with van der Waals surface area (Å²) in [6.07, 6.45) is 2.12. The van der Waals surface area contributed by atoms with Gasteiger partial charge in [-0.3, -0.25) is 4.79 Å². The van der Waals surface area contributed by atoms with Crippen molar-refractivity contribution in [2.45, 2.75) is 32.3 Å². The lowest BCUT2D eigenvalue weighted by Crippen LogP contribution is -2.38. The minimum absolute atomic E-state index is 0.158. The number of hydrogen-bond donors (Lipinski definition) is 2. The van der Waals surface area contributed by atoms with E-state index in [-0.39, 0.29) is 12.5 Å². The third-order valence-electron chi connectivity index (χ3n) is 3.40. The molecule has 0 aliphatic rings. The molecule has 1 unspecified atom stereocenters. The van der Waals surface area contributed by atoms with Crippen LogP contribution in [-0.4, -0.2) is 17.6 Å². The number of hydrogen-bond acceptors (Lipinski definition) is 3. The van der Waals surface area contributed by atoms with Gasteiger partial charge in [-0.25, -0.2) is 0 Å². The molecule has 0 bridgehead atoms. The van der Waals surface area contributed by atoms with Crippen molar-refractivity contribution in [1.82, 2.24) is 5.32 Å². The number of aliphatic hydroxyl groups is 1. The maximum atomic E-state index is 12.1. The van der Waals surface area contributed by atoms with Crippen LogP contribution in [-0.2, 0) is 12.0 Å². The van der Waals surface area contributed by atoms with Gasteiger partial charge in [-0.05, 0) is 42.5 Å². The van der Waals surface area contributed by atoms with E-state index < -0.39 is 5.60 Å². The third-order valence-corrected chi connectivity index (χ3v) is 4.52. The highest BCUT2D eigenvalue weighted by molar-refractivity contribution is 7.10. The first-order valence-electron chi connectivity index (χ1n) is 7.16. The maximum absolute atomic E-state index is 12.1. The van der Waals surface area contributed by atoms with Crippen LogP contribution in [0, 0.1) is 0 Å². The van der Waals surface area contributed by atoms with Crippen molar-refractivity contribution < 1.29 is 9.90 Å². The molecule has 4 heteroatoms. The molecule has 1 atom stereocenters. The lowest BCUT2D eigenvalue weighted by Gasteiger charge is -2.22. The van der Waals surface area contributed by atoms with Gasteiger partial charge in [0.25, 0.3) is 5.91 Å². The molecule has 2 rings (SSSR count). The van der Waals surface area contributed by atoms with Gasteiger partial charge in [-0.1, -0.05) is 31.5 Å². The van der Waals surface area contributed by atoms with Crippen LogP contribution < -0.4 is 5.32 Å². The summed E-state index contributed by atoms with van der Waals surface area (Å²) >= 11 is 1.48. The molecule has 112 valence electrons. The van der Waals surface area contributed by atoms with Crippen LogP contribution in [0.2, 0.25) is 0 Å². The van der Waals surface area contributed by atoms with E-state index >= 15 is 0 Å². The minimum atomic E-state index is -1.04. The topological polar surface area (TPSA) is 49.3 Å². The first kappa shape index (κ1) is 15.7. The van der Waals surface area contributed by atoms with Gasteiger partial charge >= 0.3 is 0 Å². The molecule has 0 saturated heterocycles. The first-order chi connectivity index (χ1) is 10.0. The van der Waals surface area contributed by atoms with Crippen LogP contribution in [0.3, 0.4) is 0 Å². The quantitative estimate of drug-likeness (QED) is 0.860. The lowest BCUT2D eigenvalue weighted by atomic mass is 10.0. The van der Waals surface area contributed by atoms with Crippen molar-refractivity contribution in [2.75, 3.05) is 6.54 Å². The zero-order valence-electron chi connectivity index (χ0n) is 12.4. The van der Waals surface area contributed by atoms with Crippen LogP contribution >= 0.6 is 11.3 Å². The largest absolute Gasteiger partial charge is 0.383 e. The molecule has 1 amide bonds. The predicted molar refractivity (Wildman–Crippen MR) is 86.7 cm³/mol. The number of carbonyl (C=O) groups is 1. The van der Waals surface area contributed by atoms with Gasteiger partial charge in [0.2, 0.25) is 0 Å². The van der Waals surface area contributed by atoms with E-state index in [0.29, 0.717) is 5.56 Å². The molecule has 21 heavy (non-hydrogen) atoms. The second kappa shape index (κ2) is 6.87. The van der Waals surface area contributed by atoms with E-state index in [9.17, 15) is 9.90 Å². The van der Waals surface area contributed by atoms with Crippen molar-refractivity contribution in [2.24, 2.45) is 0 Å². The number of carbonyl (C=O) groups excluding carboxylic acids is 1. The van der Waals surface area contributed by atoms with Crippen molar-refractivity contribution in [3.05, 3.63) is 57.8 Å². The molecule has 2 aromatic rings. The zero-order valence-corrected chi connectivity index (χ0v) is 13.2. The number of rotatable bonds is 6. The average molecular weight is 303 g/mol. The fraction of sp³-hybridized carbons (Fsp3) is 0.353. The number of benzene rings is 1. The molecule has 0 spiro atoms. The van der Waals surface area contributed by atoms with Gasteiger partial charge in [0.05, 0.1) is 6.54 Å². The van der Waals surface area contributed by atoms with Gasteiger partial charge in [0.1, 0.15) is 5.60 Å². The van der Waals surface area contributed by atoms with Crippen molar-refractivity contribution >= 4 is 17.2 Å². The zero-order chi connectivity index (χ0) is 15.3. The van der Waals surface area contributed by atoms with E-state index in [1.54, 1.807) is 6.92 Å². The van der Waals surface area contributed by atoms with Gasteiger partial charge in [-0.15, -0.1) is 11.3 Å². The Hall–Kier alpha value is -1.65. The average Bonchev–Trinajstić information content (AvgIpc) is 3.01. The highest BCUT2D eigenvalue weighted by Crippen LogP contribution is 2.24. The molecule has 0 aliphatic heterocycles. The second-order valence-corrected chi connectivity index (χ2v) is 6.33. The molecule has 1 aromatic heterocycles. The Morgan fingerprint density at radius 1 is 1.29 bits per heavy atom. The number of nitrogens with one attached hydrogen (secondary N) is 1. The first-order valence-corrected chi connectivity index (χ1v) is 8.04. The van der Waals surface area contributed by atoms with Crippen LogP contribution in [0.1, 0.15) is 41.1 Å². The SMILES string of the molecule is CCCc1ccc(C(=O)NCC(C)(O)c2cccs2)cc1. The van der Waals surface area contributed by atoms with Crippen LogP contribution in [0.25, 0.3) is 0 Å². The lowest BCUT2D eigenvalue weighted by molar-refractivity contribution is 0.0557. The van der Waals surface area contributed by atoms with Crippen molar-refractivity contribution in [3.63, 3.8) is 0 Å². The normalized spacial score (nSPS) is 13.7. The fourth-order valence-electron chi connectivity index (χ4n) is 2.14. The Balaban J connectivity index is 1.95. The highest BCUT2D eigenvalue weighted by atomic mass is 32.1. The molecular formula is C17H21NO2S. The van der Waals surface area contributed by atoms with Crippen LogP contribution in [0.5, 0.6) is 0 Å². The van der Waals surface area contributed by atoms with E-state index in [1.165, 1.54) is 16.9 Å². The molecule has 3 nitrogen and oxygen atoms in total. The monoisotopic (exact) mass is 303 g/mol. The Labute approximate surface area is 129 Å². The Morgan fingerprint density at radius 2 is 2.00 bits per heavy atom. The van der Waals surface area contributed by atoms with Gasteiger partial charge in [0, 0.05) is 10.4 Å². The summed E-state index contributed by atoms with van der Waals surface area (Å²) in [4.78, 5) is 13.0. The molecular weight excluding hydrogens is 282 g/mol. The highest BCUT2D eigenvalue weighted by Gasteiger charge is 2.24. The van der Waals surface area contributed by atoms with Gasteiger partial charge in [0.15, 0.2) is 0 Å². The predicted octanol–water partition coefficient (Wildman–Crippen LogP) is 3.34. The number of thiophene rings is 1. The summed E-state index contributed by atoms with van der Waals surface area (Å²) in [6, 6.07) is 11.4. The molecule has 2 N–H and O–H groups in total. The molecule has 0 radical (unpaired) electrons. The molecule has 0 aliphatic carbocycles. The molecule has 1 heterocycles. The molecule has 1 aromatic carbocycles. The van der Waals surface area contributed by atoms with E-state index in [1.807, 2.05) is 41.8 Å². The summed E-state index contributed by atoms with van der Waals surface area (Å²) in [5.41, 5.74) is 0.822. The number of aryl methyl sites for hydroxylation is 1. The summed E-state index contributed by atoms with van der Waals surface area (Å²) in [5, 5.41) is 15.1. The van der Waals surface area contributed by atoms with Crippen LogP contribution in [0.15, 0.2) is 41.8 Å². The summed E-state index contributed by atoms with van der Waals surface area (Å²) < 4.78 is 0. The third kappa shape index (κ3) is 4.16. The van der Waals surface area contributed by atoms with E-state index in [0.717, 1.165) is 17.7 Å². The Bertz CT molecular complexity index is 573. The Kier molecular flexibility index (Phi) is 5.15. The molecule has 0 fully saturated rings. The van der Waals surface area contributed by atoms with Crippen molar-refractivity contribution in [3.8, 4) is 0 Å². The van der Waals surface area contributed by atoms with Crippen molar-refractivity contribution in [1.29, 1.82) is 0 Å². The standard InChI is InChI=1S/C17H21NO2S/c1-3-5-13-7-9-14(10-8-13)16(19)18-12-17(2,20)15-6-4-11-21-15/h4,6-11,20H,3,5,12H2,1-2H3,(H,18,19). The summed E-state index contributed by atoms with van der Waals surface area (Å²) in [6.45, 7) is 4.04. The van der Waals surface area contributed by atoms with Gasteiger partial charge in [-0.2, -0.15) is 0 Å². The van der Waals surface area contributed by atoms with E-state index in [4.69, 9.17) is 0 Å². The fourth-order valence-corrected chi connectivity index (χ4v) is 2.92. The molecule has 0 saturated carbocycles.